The number of benzene rings is 1. The lowest BCUT2D eigenvalue weighted by Gasteiger charge is -2.21. The van der Waals surface area contributed by atoms with Crippen molar-refractivity contribution in [3.63, 3.8) is 0 Å². The highest BCUT2D eigenvalue weighted by molar-refractivity contribution is 5.97. The number of carbonyl (C=O) groups is 1. The van der Waals surface area contributed by atoms with Gasteiger partial charge in [-0.3, -0.25) is 4.79 Å². The Morgan fingerprint density at radius 3 is 2.29 bits per heavy atom. The molecule has 0 heterocycles. The van der Waals surface area contributed by atoms with Gasteiger partial charge in [0.1, 0.15) is 11.4 Å². The van der Waals surface area contributed by atoms with Crippen molar-refractivity contribution in [2.75, 3.05) is 13.1 Å². The second-order valence-electron chi connectivity index (χ2n) is 4.94. The molecule has 1 aromatic rings. The van der Waals surface area contributed by atoms with E-state index in [0.717, 1.165) is 12.3 Å². The maximum Gasteiger partial charge on any atom is 0.176 e. The number of hydrogen-bond acceptors (Lipinski definition) is 3. The average molecular weight is 235 g/mol. The summed E-state index contributed by atoms with van der Waals surface area (Å²) in [5, 5.41) is 3.02. The number of ketones is 1. The van der Waals surface area contributed by atoms with Crippen molar-refractivity contribution in [3.8, 4) is 5.75 Å². The van der Waals surface area contributed by atoms with E-state index in [1.165, 1.54) is 0 Å². The fourth-order valence-corrected chi connectivity index (χ4v) is 1.40. The van der Waals surface area contributed by atoms with Crippen molar-refractivity contribution in [2.45, 2.75) is 33.3 Å². The fourth-order valence-electron chi connectivity index (χ4n) is 1.40. The summed E-state index contributed by atoms with van der Waals surface area (Å²) in [5.41, 5.74) is 0.502. The molecule has 1 rings (SSSR count). The van der Waals surface area contributed by atoms with Crippen LogP contribution in [0.3, 0.4) is 0 Å². The maximum atomic E-state index is 11.7. The van der Waals surface area contributed by atoms with Crippen LogP contribution in [0.5, 0.6) is 5.75 Å². The standard InChI is InChI=1S/C14H21NO2/c1-5-15-10-13(16)11-6-8-12(9-7-11)17-14(2,3)4/h6-9,15H,5,10H2,1-4H3. The highest BCUT2D eigenvalue weighted by Crippen LogP contribution is 2.18. The van der Waals surface area contributed by atoms with Crippen LogP contribution in [0, 0.1) is 0 Å². The number of hydrogen-bond donors (Lipinski definition) is 1. The van der Waals surface area contributed by atoms with Gasteiger partial charge in [0.2, 0.25) is 0 Å². The van der Waals surface area contributed by atoms with Gasteiger partial charge in [-0.25, -0.2) is 0 Å². The normalized spacial score (nSPS) is 11.3. The zero-order valence-corrected chi connectivity index (χ0v) is 11.0. The zero-order valence-electron chi connectivity index (χ0n) is 11.0. The highest BCUT2D eigenvalue weighted by atomic mass is 16.5. The third-order valence-corrected chi connectivity index (χ3v) is 2.14. The molecule has 0 spiro atoms. The van der Waals surface area contributed by atoms with Gasteiger partial charge in [-0.1, -0.05) is 6.92 Å². The van der Waals surface area contributed by atoms with Gasteiger partial charge in [-0.15, -0.1) is 0 Å². The molecule has 3 nitrogen and oxygen atoms in total. The molecule has 0 amide bonds. The van der Waals surface area contributed by atoms with Crippen LogP contribution in [0.15, 0.2) is 24.3 Å². The van der Waals surface area contributed by atoms with Gasteiger partial charge in [-0.2, -0.15) is 0 Å². The van der Waals surface area contributed by atoms with Crippen LogP contribution in [-0.2, 0) is 0 Å². The number of likely N-dealkylation sites (N-methyl/N-ethyl adjacent to an activating group) is 1. The number of rotatable bonds is 5. The Labute approximate surface area is 103 Å². The number of Topliss-reactive ketones (excluding diaryl/α,β-unsaturated/α-hetero) is 1. The third kappa shape index (κ3) is 5.00. The molecule has 0 saturated carbocycles. The molecule has 17 heavy (non-hydrogen) atoms. The molecule has 0 aliphatic carbocycles. The Morgan fingerprint density at radius 2 is 1.82 bits per heavy atom. The molecule has 0 fully saturated rings. The molecule has 94 valence electrons. The SMILES string of the molecule is CCNCC(=O)c1ccc(OC(C)(C)C)cc1. The Balaban J connectivity index is 2.64. The summed E-state index contributed by atoms with van der Waals surface area (Å²) in [6, 6.07) is 7.29. The quantitative estimate of drug-likeness (QED) is 0.797. The first-order valence-electron chi connectivity index (χ1n) is 5.95. The van der Waals surface area contributed by atoms with E-state index in [0.29, 0.717) is 12.1 Å². The summed E-state index contributed by atoms with van der Waals surface area (Å²) in [5.74, 6) is 0.895. The van der Waals surface area contributed by atoms with Crippen molar-refractivity contribution in [2.24, 2.45) is 0 Å². The summed E-state index contributed by atoms with van der Waals surface area (Å²) in [7, 11) is 0. The van der Waals surface area contributed by atoms with Gasteiger partial charge in [0.05, 0.1) is 6.54 Å². The van der Waals surface area contributed by atoms with E-state index in [9.17, 15) is 4.79 Å². The van der Waals surface area contributed by atoms with Gasteiger partial charge in [0, 0.05) is 5.56 Å². The summed E-state index contributed by atoms with van der Waals surface area (Å²) in [4.78, 5) is 11.7. The van der Waals surface area contributed by atoms with Crippen molar-refractivity contribution in [1.29, 1.82) is 0 Å². The van der Waals surface area contributed by atoms with Crippen LogP contribution in [0.25, 0.3) is 0 Å². The molecule has 3 heteroatoms. The van der Waals surface area contributed by atoms with Crippen LogP contribution in [-0.4, -0.2) is 24.5 Å². The molecule has 0 unspecified atom stereocenters. The smallest absolute Gasteiger partial charge is 0.176 e. The topological polar surface area (TPSA) is 38.3 Å². The van der Waals surface area contributed by atoms with E-state index in [-0.39, 0.29) is 11.4 Å². The van der Waals surface area contributed by atoms with Crippen LogP contribution in [0.1, 0.15) is 38.1 Å². The van der Waals surface area contributed by atoms with Crippen molar-refractivity contribution in [1.82, 2.24) is 5.32 Å². The van der Waals surface area contributed by atoms with E-state index >= 15 is 0 Å². The molecular weight excluding hydrogens is 214 g/mol. The van der Waals surface area contributed by atoms with E-state index in [1.807, 2.05) is 39.8 Å². The number of carbonyl (C=O) groups excluding carboxylic acids is 1. The lowest BCUT2D eigenvalue weighted by molar-refractivity contribution is 0.0991. The molecular formula is C14H21NO2. The Hall–Kier alpha value is -1.35. The van der Waals surface area contributed by atoms with Crippen LogP contribution in [0.2, 0.25) is 0 Å². The first-order valence-corrected chi connectivity index (χ1v) is 5.95. The largest absolute Gasteiger partial charge is 0.488 e. The van der Waals surface area contributed by atoms with Crippen LogP contribution < -0.4 is 10.1 Å². The van der Waals surface area contributed by atoms with Gasteiger partial charge in [-0.05, 0) is 51.6 Å². The Bertz CT molecular complexity index is 363. The van der Waals surface area contributed by atoms with E-state index in [4.69, 9.17) is 4.74 Å². The van der Waals surface area contributed by atoms with Crippen LogP contribution >= 0.6 is 0 Å². The summed E-state index contributed by atoms with van der Waals surface area (Å²) >= 11 is 0. The summed E-state index contributed by atoms with van der Waals surface area (Å²) < 4.78 is 5.69. The predicted octanol–water partition coefficient (Wildman–Crippen LogP) is 2.66. The van der Waals surface area contributed by atoms with E-state index in [1.54, 1.807) is 12.1 Å². The van der Waals surface area contributed by atoms with E-state index in [2.05, 4.69) is 5.32 Å². The molecule has 0 aliphatic heterocycles. The molecule has 1 aromatic carbocycles. The molecule has 0 saturated heterocycles. The minimum Gasteiger partial charge on any atom is -0.488 e. The molecule has 0 aromatic heterocycles. The Kier molecular flexibility index (Phi) is 4.70. The molecule has 1 N–H and O–H groups in total. The summed E-state index contributed by atoms with van der Waals surface area (Å²) in [6.45, 7) is 9.16. The lowest BCUT2D eigenvalue weighted by Crippen LogP contribution is -2.23. The van der Waals surface area contributed by atoms with Crippen LogP contribution in [0.4, 0.5) is 0 Å². The maximum absolute atomic E-state index is 11.7. The zero-order chi connectivity index (χ0) is 12.9. The molecule has 0 radical (unpaired) electrons. The van der Waals surface area contributed by atoms with Gasteiger partial charge in [0.25, 0.3) is 0 Å². The first kappa shape index (κ1) is 13.7. The summed E-state index contributed by atoms with van der Waals surface area (Å²) in [6.07, 6.45) is 0. The Morgan fingerprint density at radius 1 is 1.24 bits per heavy atom. The van der Waals surface area contributed by atoms with Crippen molar-refractivity contribution < 1.29 is 9.53 Å². The number of nitrogens with one attached hydrogen (secondary N) is 1. The average Bonchev–Trinajstić information content (AvgIpc) is 2.24. The molecule has 0 atom stereocenters. The minimum absolute atomic E-state index is 0.106. The minimum atomic E-state index is -0.213. The van der Waals surface area contributed by atoms with Gasteiger partial charge < -0.3 is 10.1 Å². The lowest BCUT2D eigenvalue weighted by atomic mass is 10.1. The molecule has 0 aliphatic rings. The van der Waals surface area contributed by atoms with E-state index < -0.39 is 0 Å². The number of ether oxygens (including phenoxy) is 1. The first-order chi connectivity index (χ1) is 7.92. The second-order valence-corrected chi connectivity index (χ2v) is 4.94. The monoisotopic (exact) mass is 235 g/mol. The van der Waals surface area contributed by atoms with Crippen molar-refractivity contribution in [3.05, 3.63) is 29.8 Å². The van der Waals surface area contributed by atoms with Crippen molar-refractivity contribution >= 4 is 5.78 Å². The van der Waals surface area contributed by atoms with Gasteiger partial charge in [0.15, 0.2) is 5.78 Å². The second kappa shape index (κ2) is 5.82. The predicted molar refractivity (Wildman–Crippen MR) is 69.7 cm³/mol. The highest BCUT2D eigenvalue weighted by Gasteiger charge is 2.12. The molecule has 0 bridgehead atoms. The van der Waals surface area contributed by atoms with Gasteiger partial charge >= 0.3 is 0 Å². The fraction of sp³-hybridized carbons (Fsp3) is 0.500. The third-order valence-electron chi connectivity index (χ3n) is 2.14.